The minimum Gasteiger partial charge on any atom is -0.388 e. The maximum Gasteiger partial charge on any atom is 0.0788 e. The van der Waals surface area contributed by atoms with Crippen LogP contribution < -0.4 is 0 Å². The van der Waals surface area contributed by atoms with Gasteiger partial charge in [-0.3, -0.25) is 0 Å². The van der Waals surface area contributed by atoms with Crippen LogP contribution in [0.25, 0.3) is 0 Å². The molecule has 0 amide bonds. The van der Waals surface area contributed by atoms with Crippen molar-refractivity contribution in [1.29, 1.82) is 0 Å². The van der Waals surface area contributed by atoms with E-state index in [1.54, 1.807) is 18.2 Å². The second kappa shape index (κ2) is 4.13. The molecule has 0 saturated heterocycles. The fourth-order valence-corrected chi connectivity index (χ4v) is 1.55. The van der Waals surface area contributed by atoms with E-state index in [9.17, 15) is 5.11 Å². The number of rotatable bonds is 2. The van der Waals surface area contributed by atoms with Gasteiger partial charge in [-0.15, -0.1) is 0 Å². The van der Waals surface area contributed by atoms with Crippen LogP contribution in [0.3, 0.4) is 0 Å². The summed E-state index contributed by atoms with van der Waals surface area (Å²) in [5.74, 6) is 0. The van der Waals surface area contributed by atoms with E-state index in [1.807, 2.05) is 6.92 Å². The number of aliphatic hydroxyl groups excluding tert-OH is 1. The highest BCUT2D eigenvalue weighted by Gasteiger charge is 2.06. The number of halogens is 2. The Kier molecular flexibility index (Phi) is 3.39. The molecule has 0 unspecified atom stereocenters. The molecule has 0 aliphatic carbocycles. The molecule has 12 heavy (non-hydrogen) atoms. The molecule has 1 rings (SSSR count). The number of aliphatic hydroxyl groups is 1. The van der Waals surface area contributed by atoms with Crippen LogP contribution in [0.4, 0.5) is 0 Å². The maximum absolute atomic E-state index is 9.46. The van der Waals surface area contributed by atoms with Gasteiger partial charge >= 0.3 is 0 Å². The molecule has 0 aliphatic heterocycles. The molecule has 1 N–H and O–H groups in total. The average molecular weight is 205 g/mol. The third kappa shape index (κ3) is 2.37. The van der Waals surface area contributed by atoms with E-state index in [1.165, 1.54) is 0 Å². The first-order valence-corrected chi connectivity index (χ1v) is 4.53. The summed E-state index contributed by atoms with van der Waals surface area (Å²) in [4.78, 5) is 0. The highest BCUT2D eigenvalue weighted by atomic mass is 35.5. The van der Waals surface area contributed by atoms with Gasteiger partial charge in [-0.25, -0.2) is 0 Å². The first kappa shape index (κ1) is 9.85. The van der Waals surface area contributed by atoms with Gasteiger partial charge in [-0.1, -0.05) is 30.1 Å². The molecule has 0 heterocycles. The van der Waals surface area contributed by atoms with Crippen molar-refractivity contribution in [3.05, 3.63) is 33.8 Å². The largest absolute Gasteiger partial charge is 0.388 e. The average Bonchev–Trinajstić information content (AvgIpc) is 2.01. The minimum atomic E-state index is -0.471. The fraction of sp³-hybridized carbons (Fsp3) is 0.333. The van der Waals surface area contributed by atoms with Gasteiger partial charge in [-0.2, -0.15) is 0 Å². The van der Waals surface area contributed by atoms with Gasteiger partial charge in [0.1, 0.15) is 0 Å². The smallest absolute Gasteiger partial charge is 0.0788 e. The number of hydrogen-bond acceptors (Lipinski definition) is 1. The van der Waals surface area contributed by atoms with Gasteiger partial charge < -0.3 is 5.11 Å². The molecular weight excluding hydrogens is 195 g/mol. The lowest BCUT2D eigenvalue weighted by Crippen LogP contribution is -1.94. The Morgan fingerprint density at radius 1 is 1.25 bits per heavy atom. The molecule has 66 valence electrons. The molecule has 1 nitrogen and oxygen atoms in total. The minimum absolute atomic E-state index is 0.471. The van der Waals surface area contributed by atoms with E-state index < -0.39 is 6.10 Å². The van der Waals surface area contributed by atoms with E-state index in [2.05, 4.69) is 0 Å². The summed E-state index contributed by atoms with van der Waals surface area (Å²) >= 11 is 11.5. The highest BCUT2D eigenvalue weighted by Crippen LogP contribution is 2.24. The quantitative estimate of drug-likeness (QED) is 0.783. The molecule has 1 atom stereocenters. The zero-order valence-electron chi connectivity index (χ0n) is 6.72. The summed E-state index contributed by atoms with van der Waals surface area (Å²) < 4.78 is 0. The molecule has 0 aromatic heterocycles. The normalized spacial score (nSPS) is 13.0. The summed E-state index contributed by atoms with van der Waals surface area (Å²) in [5.41, 5.74) is 0.773. The number of hydrogen-bond donors (Lipinski definition) is 1. The Morgan fingerprint density at radius 2 is 1.75 bits per heavy atom. The van der Waals surface area contributed by atoms with Gasteiger partial charge in [0.05, 0.1) is 6.10 Å². The van der Waals surface area contributed by atoms with Gasteiger partial charge in [-0.05, 0) is 30.2 Å². The van der Waals surface area contributed by atoms with Crippen molar-refractivity contribution in [3.63, 3.8) is 0 Å². The second-order valence-corrected chi connectivity index (χ2v) is 3.50. The van der Waals surface area contributed by atoms with Crippen molar-refractivity contribution in [2.75, 3.05) is 0 Å². The molecule has 3 heteroatoms. The zero-order chi connectivity index (χ0) is 9.14. The van der Waals surface area contributed by atoms with Crippen LogP contribution in [-0.2, 0) is 0 Å². The molecule has 1 aromatic rings. The Balaban J connectivity index is 3.00. The monoisotopic (exact) mass is 204 g/mol. The fourth-order valence-electron chi connectivity index (χ4n) is 1.00. The SMILES string of the molecule is CC[C@H](O)c1cc(Cl)cc(Cl)c1. The Bertz CT molecular complexity index is 253. The summed E-state index contributed by atoms with van der Waals surface area (Å²) in [6, 6.07) is 5.10. The second-order valence-electron chi connectivity index (χ2n) is 2.63. The topological polar surface area (TPSA) is 20.2 Å². The molecule has 0 aliphatic rings. The Hall–Kier alpha value is -0.240. The van der Waals surface area contributed by atoms with Crippen molar-refractivity contribution < 1.29 is 5.11 Å². The predicted octanol–water partition coefficient (Wildman–Crippen LogP) is 3.44. The Morgan fingerprint density at radius 3 is 2.17 bits per heavy atom. The summed E-state index contributed by atoms with van der Waals surface area (Å²) in [7, 11) is 0. The van der Waals surface area contributed by atoms with Crippen LogP contribution in [0, 0.1) is 0 Å². The van der Waals surface area contributed by atoms with Crippen LogP contribution in [0.5, 0.6) is 0 Å². The van der Waals surface area contributed by atoms with Crippen LogP contribution in [0.1, 0.15) is 25.0 Å². The zero-order valence-corrected chi connectivity index (χ0v) is 8.23. The maximum atomic E-state index is 9.46. The van der Waals surface area contributed by atoms with Crippen molar-refractivity contribution in [2.24, 2.45) is 0 Å². The lowest BCUT2D eigenvalue weighted by molar-refractivity contribution is 0.173. The van der Waals surface area contributed by atoms with Gasteiger partial charge in [0.15, 0.2) is 0 Å². The first-order valence-electron chi connectivity index (χ1n) is 3.77. The van der Waals surface area contributed by atoms with Crippen molar-refractivity contribution in [2.45, 2.75) is 19.4 Å². The molecule has 0 radical (unpaired) electrons. The van der Waals surface area contributed by atoms with Crippen LogP contribution in [0.2, 0.25) is 10.0 Å². The van der Waals surface area contributed by atoms with Gasteiger partial charge in [0.2, 0.25) is 0 Å². The van der Waals surface area contributed by atoms with Gasteiger partial charge in [0.25, 0.3) is 0 Å². The summed E-state index contributed by atoms with van der Waals surface area (Å²) in [5, 5.41) is 10.6. The summed E-state index contributed by atoms with van der Waals surface area (Å²) in [6.45, 7) is 1.90. The molecule has 0 bridgehead atoms. The lowest BCUT2D eigenvalue weighted by Gasteiger charge is -2.08. The third-order valence-electron chi connectivity index (χ3n) is 1.66. The van der Waals surface area contributed by atoms with Crippen LogP contribution >= 0.6 is 23.2 Å². The molecular formula is C9H10Cl2O. The van der Waals surface area contributed by atoms with E-state index in [-0.39, 0.29) is 0 Å². The molecule has 1 aromatic carbocycles. The molecule has 0 saturated carbocycles. The Labute approximate surface area is 81.9 Å². The standard InChI is InChI=1S/C9H10Cl2O/c1-2-9(12)6-3-7(10)5-8(11)4-6/h3-5,9,12H,2H2,1H3/t9-/m0/s1. The molecule has 0 fully saturated rings. The van der Waals surface area contributed by atoms with E-state index >= 15 is 0 Å². The highest BCUT2D eigenvalue weighted by molar-refractivity contribution is 6.34. The van der Waals surface area contributed by atoms with Crippen LogP contribution in [-0.4, -0.2) is 5.11 Å². The summed E-state index contributed by atoms with van der Waals surface area (Å²) in [6.07, 6.45) is 0.192. The van der Waals surface area contributed by atoms with Crippen molar-refractivity contribution >= 4 is 23.2 Å². The van der Waals surface area contributed by atoms with E-state index in [0.717, 1.165) is 5.56 Å². The third-order valence-corrected chi connectivity index (χ3v) is 2.09. The van der Waals surface area contributed by atoms with Gasteiger partial charge in [0, 0.05) is 10.0 Å². The molecule has 0 spiro atoms. The lowest BCUT2D eigenvalue weighted by atomic mass is 10.1. The van der Waals surface area contributed by atoms with E-state index in [4.69, 9.17) is 23.2 Å². The van der Waals surface area contributed by atoms with Crippen molar-refractivity contribution in [3.8, 4) is 0 Å². The predicted molar refractivity (Wildman–Crippen MR) is 51.7 cm³/mol. The van der Waals surface area contributed by atoms with E-state index in [0.29, 0.717) is 16.5 Å². The van der Waals surface area contributed by atoms with Crippen LogP contribution in [0.15, 0.2) is 18.2 Å². The van der Waals surface area contributed by atoms with Crippen molar-refractivity contribution in [1.82, 2.24) is 0 Å². The first-order chi connectivity index (χ1) is 5.63. The number of benzene rings is 1.